The second-order valence-electron chi connectivity index (χ2n) is 8.67. The van der Waals surface area contributed by atoms with Crippen molar-refractivity contribution in [2.75, 3.05) is 41.4 Å². The molecule has 4 rings (SSSR count). The van der Waals surface area contributed by atoms with E-state index in [9.17, 15) is 18.0 Å². The van der Waals surface area contributed by atoms with Crippen LogP contribution in [-0.2, 0) is 20.9 Å². The summed E-state index contributed by atoms with van der Waals surface area (Å²) in [6.07, 6.45) is -2.77. The predicted octanol–water partition coefficient (Wildman–Crippen LogP) is 3.97. The molecule has 0 bridgehead atoms. The number of hydrogen-bond acceptors (Lipinski definition) is 7. The van der Waals surface area contributed by atoms with Crippen LogP contribution in [0.25, 0.3) is 0 Å². The highest BCUT2D eigenvalue weighted by atomic mass is 35.5. The number of aliphatic carboxylic acids is 1. The van der Waals surface area contributed by atoms with Gasteiger partial charge in [-0.1, -0.05) is 37.6 Å². The molecule has 2 aromatic rings. The van der Waals surface area contributed by atoms with Crippen LogP contribution in [0.3, 0.4) is 0 Å². The van der Waals surface area contributed by atoms with Gasteiger partial charge in [-0.15, -0.1) is 0 Å². The number of morpholine rings is 1. The zero-order chi connectivity index (χ0) is 26.5. The number of ether oxygens (including phenoxy) is 1. The molecule has 1 atom stereocenters. The zero-order valence-corrected chi connectivity index (χ0v) is 20.5. The number of carbonyl (C=O) groups excluding carboxylic acids is 1. The molecule has 1 amide bonds. The molecule has 36 heavy (non-hydrogen) atoms. The number of benzene rings is 1. The Bertz CT molecular complexity index is 1060. The van der Waals surface area contributed by atoms with Crippen LogP contribution in [0.2, 0.25) is 5.02 Å². The number of rotatable bonds is 5. The third-order valence-corrected chi connectivity index (χ3v) is 5.71. The van der Waals surface area contributed by atoms with Crippen LogP contribution in [0.4, 0.5) is 30.5 Å². The number of halogens is 4. The van der Waals surface area contributed by atoms with E-state index in [0.717, 1.165) is 36.6 Å². The Morgan fingerprint density at radius 1 is 1.22 bits per heavy atom. The van der Waals surface area contributed by atoms with E-state index in [0.29, 0.717) is 36.5 Å². The quantitative estimate of drug-likeness (QED) is 0.599. The van der Waals surface area contributed by atoms with Gasteiger partial charge in [0.05, 0.1) is 19.8 Å². The van der Waals surface area contributed by atoms with Crippen molar-refractivity contribution < 1.29 is 32.6 Å². The van der Waals surface area contributed by atoms with Crippen LogP contribution in [0.1, 0.15) is 25.8 Å². The molecular formula is C23H27ClF3N5O4. The summed E-state index contributed by atoms with van der Waals surface area (Å²) in [5.74, 6) is -0.842. The molecule has 0 saturated carbocycles. The number of nitrogens with one attached hydrogen (secondary N) is 1. The number of nitrogens with zero attached hydrogens (tertiary/aromatic N) is 4. The first kappa shape index (κ1) is 27.5. The lowest BCUT2D eigenvalue weighted by molar-refractivity contribution is -0.192. The molecule has 0 aliphatic carbocycles. The van der Waals surface area contributed by atoms with Crippen molar-refractivity contribution in [2.24, 2.45) is 5.92 Å². The molecular weight excluding hydrogens is 503 g/mol. The van der Waals surface area contributed by atoms with Crippen LogP contribution in [0, 0.1) is 5.92 Å². The average Bonchev–Trinajstić information content (AvgIpc) is 2.82. The van der Waals surface area contributed by atoms with Crippen LogP contribution >= 0.6 is 11.6 Å². The van der Waals surface area contributed by atoms with Gasteiger partial charge in [0.2, 0.25) is 5.91 Å². The second kappa shape index (κ2) is 11.7. The van der Waals surface area contributed by atoms with Crippen molar-refractivity contribution in [3.05, 3.63) is 41.2 Å². The maximum absolute atomic E-state index is 13.5. The van der Waals surface area contributed by atoms with Gasteiger partial charge in [0.15, 0.2) is 11.6 Å². The summed E-state index contributed by atoms with van der Waals surface area (Å²) in [5, 5.41) is 11.2. The highest BCUT2D eigenvalue weighted by Crippen LogP contribution is 2.39. The zero-order valence-electron chi connectivity index (χ0n) is 19.8. The minimum Gasteiger partial charge on any atom is -0.475 e. The summed E-state index contributed by atoms with van der Waals surface area (Å²) in [7, 11) is 0. The standard InChI is InChI=1S/C21H26ClN5O2.C2HF3O2/c1-14(2)11-17-21(28)27(12-15-3-5-16(22)6-4-15)18-19(25-17)23-13-24-20(18)26-7-9-29-10-8-26;3-2(4,5)1(6)7/h3-6,13-14,17H,7-12H2,1-2H3,(H,23,24,25);(H,6,7). The first-order valence-corrected chi connectivity index (χ1v) is 11.6. The van der Waals surface area contributed by atoms with E-state index in [-0.39, 0.29) is 11.9 Å². The van der Waals surface area contributed by atoms with Crippen molar-refractivity contribution in [1.82, 2.24) is 9.97 Å². The minimum absolute atomic E-state index is 0.0467. The first-order chi connectivity index (χ1) is 17.0. The SMILES string of the molecule is CC(C)CC1Nc2ncnc(N3CCOCC3)c2N(Cc2ccc(Cl)cc2)C1=O.O=C(O)C(F)(F)F. The number of anilines is 3. The summed E-state index contributed by atoms with van der Waals surface area (Å²) in [4.78, 5) is 35.4. The lowest BCUT2D eigenvalue weighted by Gasteiger charge is -2.38. The molecule has 196 valence electrons. The highest BCUT2D eigenvalue weighted by Gasteiger charge is 2.38. The molecule has 1 aromatic heterocycles. The van der Waals surface area contributed by atoms with Gasteiger partial charge in [0.25, 0.3) is 0 Å². The maximum atomic E-state index is 13.5. The van der Waals surface area contributed by atoms with E-state index < -0.39 is 12.1 Å². The van der Waals surface area contributed by atoms with Gasteiger partial charge in [0, 0.05) is 18.1 Å². The van der Waals surface area contributed by atoms with Crippen molar-refractivity contribution in [3.63, 3.8) is 0 Å². The Hall–Kier alpha value is -3.12. The lowest BCUT2D eigenvalue weighted by Crippen LogP contribution is -2.49. The summed E-state index contributed by atoms with van der Waals surface area (Å²) in [6.45, 7) is 7.45. The molecule has 2 aliphatic heterocycles. The maximum Gasteiger partial charge on any atom is 0.490 e. The Balaban J connectivity index is 0.000000454. The molecule has 3 heterocycles. The van der Waals surface area contributed by atoms with Crippen molar-refractivity contribution in [2.45, 2.75) is 39.0 Å². The number of carboxylic acid groups (broad SMARTS) is 1. The van der Waals surface area contributed by atoms with Gasteiger partial charge < -0.3 is 20.1 Å². The molecule has 1 fully saturated rings. The van der Waals surface area contributed by atoms with E-state index in [4.69, 9.17) is 26.2 Å². The molecule has 1 unspecified atom stereocenters. The molecule has 1 aromatic carbocycles. The second-order valence-corrected chi connectivity index (χ2v) is 9.11. The van der Waals surface area contributed by atoms with E-state index in [1.165, 1.54) is 0 Å². The van der Waals surface area contributed by atoms with Gasteiger partial charge in [-0.3, -0.25) is 9.69 Å². The fraction of sp³-hybridized carbons (Fsp3) is 0.478. The predicted molar refractivity (Wildman–Crippen MR) is 128 cm³/mol. The fourth-order valence-corrected chi connectivity index (χ4v) is 3.94. The van der Waals surface area contributed by atoms with Gasteiger partial charge in [-0.25, -0.2) is 14.8 Å². The van der Waals surface area contributed by atoms with Gasteiger partial charge in [-0.2, -0.15) is 13.2 Å². The van der Waals surface area contributed by atoms with Gasteiger partial charge >= 0.3 is 12.1 Å². The largest absolute Gasteiger partial charge is 0.490 e. The van der Waals surface area contributed by atoms with Crippen LogP contribution in [-0.4, -0.2) is 65.5 Å². The topological polar surface area (TPSA) is 108 Å². The number of carboxylic acids is 1. The normalized spacial score (nSPS) is 17.8. The Labute approximate surface area is 211 Å². The molecule has 1 saturated heterocycles. The summed E-state index contributed by atoms with van der Waals surface area (Å²) in [5.41, 5.74) is 1.75. The number of fused-ring (bicyclic) bond motifs is 1. The molecule has 9 nitrogen and oxygen atoms in total. The smallest absolute Gasteiger partial charge is 0.475 e. The van der Waals surface area contributed by atoms with Gasteiger partial charge in [-0.05, 0) is 30.0 Å². The van der Waals surface area contributed by atoms with Crippen molar-refractivity contribution >= 4 is 40.8 Å². The van der Waals surface area contributed by atoms with E-state index >= 15 is 0 Å². The van der Waals surface area contributed by atoms with Gasteiger partial charge in [0.1, 0.15) is 18.1 Å². The highest BCUT2D eigenvalue weighted by molar-refractivity contribution is 6.30. The Morgan fingerprint density at radius 2 is 1.83 bits per heavy atom. The average molecular weight is 530 g/mol. The summed E-state index contributed by atoms with van der Waals surface area (Å²) < 4.78 is 37.2. The van der Waals surface area contributed by atoms with Crippen LogP contribution in [0.15, 0.2) is 30.6 Å². The third kappa shape index (κ3) is 6.97. The monoisotopic (exact) mass is 529 g/mol. The molecule has 0 radical (unpaired) electrons. The first-order valence-electron chi connectivity index (χ1n) is 11.3. The van der Waals surface area contributed by atoms with Crippen LogP contribution < -0.4 is 15.1 Å². The number of carbonyl (C=O) groups is 2. The summed E-state index contributed by atoms with van der Waals surface area (Å²) >= 11 is 6.04. The number of aromatic nitrogens is 2. The third-order valence-electron chi connectivity index (χ3n) is 5.46. The fourth-order valence-electron chi connectivity index (χ4n) is 3.82. The minimum atomic E-state index is -5.08. The number of amides is 1. The van der Waals surface area contributed by atoms with E-state index in [1.54, 1.807) is 6.33 Å². The van der Waals surface area contributed by atoms with Crippen LogP contribution in [0.5, 0.6) is 0 Å². The van der Waals surface area contributed by atoms with E-state index in [2.05, 4.69) is 34.0 Å². The molecule has 0 spiro atoms. The van der Waals surface area contributed by atoms with E-state index in [1.807, 2.05) is 29.2 Å². The summed E-state index contributed by atoms with van der Waals surface area (Å²) in [6, 6.07) is 7.29. The van der Waals surface area contributed by atoms with Crippen molar-refractivity contribution in [1.29, 1.82) is 0 Å². The number of alkyl halides is 3. The molecule has 2 N–H and O–H groups in total. The molecule has 2 aliphatic rings. The lowest BCUT2D eigenvalue weighted by atomic mass is 10.00. The Kier molecular flexibility index (Phi) is 8.96. The molecule has 13 heteroatoms. The van der Waals surface area contributed by atoms with Crippen molar-refractivity contribution in [3.8, 4) is 0 Å². The Morgan fingerprint density at radius 3 is 2.39 bits per heavy atom. The number of hydrogen-bond donors (Lipinski definition) is 2.